The lowest BCUT2D eigenvalue weighted by Crippen LogP contribution is -2.14. The summed E-state index contributed by atoms with van der Waals surface area (Å²) >= 11 is 6.00. The number of benzene rings is 1. The third kappa shape index (κ3) is 3.20. The number of amides is 1. The van der Waals surface area contributed by atoms with E-state index >= 15 is 0 Å². The van der Waals surface area contributed by atoms with Crippen molar-refractivity contribution in [3.05, 3.63) is 46.9 Å². The van der Waals surface area contributed by atoms with Crippen LogP contribution in [0.15, 0.2) is 30.6 Å². The SMILES string of the molecule is CNc1cnc(C(=O)Nc2ccc(C)c(Cl)c2)cn1. The Morgan fingerprint density at radius 1 is 1.26 bits per heavy atom. The van der Waals surface area contributed by atoms with Crippen LogP contribution in [0.25, 0.3) is 0 Å². The molecule has 0 aliphatic carbocycles. The van der Waals surface area contributed by atoms with Crippen molar-refractivity contribution in [1.29, 1.82) is 0 Å². The molecule has 19 heavy (non-hydrogen) atoms. The highest BCUT2D eigenvalue weighted by atomic mass is 35.5. The topological polar surface area (TPSA) is 66.9 Å². The number of aromatic nitrogens is 2. The number of halogens is 1. The normalized spacial score (nSPS) is 10.1. The predicted molar refractivity (Wildman–Crippen MR) is 75.7 cm³/mol. The van der Waals surface area contributed by atoms with E-state index in [0.29, 0.717) is 16.5 Å². The molecule has 2 N–H and O–H groups in total. The summed E-state index contributed by atoms with van der Waals surface area (Å²) in [7, 11) is 1.73. The average Bonchev–Trinajstić information content (AvgIpc) is 2.43. The fraction of sp³-hybridized carbons (Fsp3) is 0.154. The summed E-state index contributed by atoms with van der Waals surface area (Å²) in [5, 5.41) is 6.16. The molecule has 0 aliphatic heterocycles. The van der Waals surface area contributed by atoms with Crippen LogP contribution in [0.2, 0.25) is 5.02 Å². The van der Waals surface area contributed by atoms with Gasteiger partial charge in [-0.25, -0.2) is 9.97 Å². The summed E-state index contributed by atoms with van der Waals surface area (Å²) < 4.78 is 0. The molecule has 0 spiro atoms. The van der Waals surface area contributed by atoms with Gasteiger partial charge in [-0.15, -0.1) is 0 Å². The van der Waals surface area contributed by atoms with Gasteiger partial charge in [0, 0.05) is 17.8 Å². The maximum absolute atomic E-state index is 11.9. The van der Waals surface area contributed by atoms with Crippen LogP contribution in [-0.2, 0) is 0 Å². The van der Waals surface area contributed by atoms with E-state index in [1.54, 1.807) is 19.2 Å². The maximum atomic E-state index is 11.9. The molecule has 0 fully saturated rings. The van der Waals surface area contributed by atoms with E-state index in [1.165, 1.54) is 12.4 Å². The van der Waals surface area contributed by atoms with E-state index in [0.717, 1.165) is 5.56 Å². The van der Waals surface area contributed by atoms with Gasteiger partial charge in [0.2, 0.25) is 0 Å². The van der Waals surface area contributed by atoms with Crippen LogP contribution >= 0.6 is 11.6 Å². The Hall–Kier alpha value is -2.14. The lowest BCUT2D eigenvalue weighted by molar-refractivity contribution is 0.102. The van der Waals surface area contributed by atoms with Gasteiger partial charge < -0.3 is 10.6 Å². The maximum Gasteiger partial charge on any atom is 0.275 e. The second-order valence-electron chi connectivity index (χ2n) is 3.95. The first-order valence-electron chi connectivity index (χ1n) is 5.67. The predicted octanol–water partition coefficient (Wildman–Crippen LogP) is 2.73. The van der Waals surface area contributed by atoms with E-state index in [9.17, 15) is 4.79 Å². The first-order chi connectivity index (χ1) is 9.10. The van der Waals surface area contributed by atoms with Gasteiger partial charge in [0.05, 0.1) is 12.4 Å². The van der Waals surface area contributed by atoms with Crippen molar-refractivity contribution in [2.24, 2.45) is 0 Å². The summed E-state index contributed by atoms with van der Waals surface area (Å²) in [5.41, 5.74) is 1.83. The van der Waals surface area contributed by atoms with Crippen molar-refractivity contribution >= 4 is 29.0 Å². The fourth-order valence-electron chi connectivity index (χ4n) is 1.44. The monoisotopic (exact) mass is 276 g/mol. The Bertz CT molecular complexity index is 598. The first-order valence-corrected chi connectivity index (χ1v) is 6.05. The van der Waals surface area contributed by atoms with Gasteiger partial charge >= 0.3 is 0 Å². The number of hydrogen-bond acceptors (Lipinski definition) is 4. The van der Waals surface area contributed by atoms with Crippen molar-refractivity contribution < 1.29 is 4.79 Å². The van der Waals surface area contributed by atoms with Gasteiger partial charge in [-0.05, 0) is 24.6 Å². The highest BCUT2D eigenvalue weighted by Gasteiger charge is 2.09. The standard InChI is InChI=1S/C13H13ClN4O/c1-8-3-4-9(5-10(8)14)18-13(19)11-6-17-12(15-2)7-16-11/h3-7H,1-2H3,(H,15,17)(H,18,19). The minimum Gasteiger partial charge on any atom is -0.372 e. The summed E-state index contributed by atoms with van der Waals surface area (Å²) in [6.45, 7) is 1.90. The molecule has 1 heterocycles. The Morgan fingerprint density at radius 3 is 2.63 bits per heavy atom. The average molecular weight is 277 g/mol. The molecule has 1 aromatic heterocycles. The van der Waals surface area contributed by atoms with Crippen LogP contribution < -0.4 is 10.6 Å². The molecule has 2 aromatic rings. The molecule has 1 amide bonds. The zero-order valence-corrected chi connectivity index (χ0v) is 11.3. The molecule has 1 aromatic carbocycles. The summed E-state index contributed by atoms with van der Waals surface area (Å²) in [6.07, 6.45) is 2.91. The number of hydrogen-bond donors (Lipinski definition) is 2. The van der Waals surface area contributed by atoms with Crippen LogP contribution in [0.5, 0.6) is 0 Å². The number of nitrogens with one attached hydrogen (secondary N) is 2. The molecule has 0 radical (unpaired) electrons. The van der Waals surface area contributed by atoms with Crippen LogP contribution in [0.4, 0.5) is 11.5 Å². The highest BCUT2D eigenvalue weighted by Crippen LogP contribution is 2.20. The van der Waals surface area contributed by atoms with E-state index in [4.69, 9.17) is 11.6 Å². The zero-order valence-electron chi connectivity index (χ0n) is 10.6. The molecule has 0 atom stereocenters. The van der Waals surface area contributed by atoms with Crippen molar-refractivity contribution in [1.82, 2.24) is 9.97 Å². The molecular weight excluding hydrogens is 264 g/mol. The van der Waals surface area contributed by atoms with Gasteiger partial charge in [0.1, 0.15) is 11.5 Å². The smallest absolute Gasteiger partial charge is 0.275 e. The minimum absolute atomic E-state index is 0.246. The molecule has 98 valence electrons. The third-order valence-electron chi connectivity index (χ3n) is 2.57. The van der Waals surface area contributed by atoms with E-state index in [-0.39, 0.29) is 11.6 Å². The molecular formula is C13H13ClN4O. The minimum atomic E-state index is -0.324. The third-order valence-corrected chi connectivity index (χ3v) is 2.98. The molecule has 6 heteroatoms. The Kier molecular flexibility index (Phi) is 3.97. The Labute approximate surface area is 116 Å². The van der Waals surface area contributed by atoms with Gasteiger partial charge in [0.15, 0.2) is 0 Å². The molecule has 0 bridgehead atoms. The quantitative estimate of drug-likeness (QED) is 0.905. The largest absolute Gasteiger partial charge is 0.372 e. The lowest BCUT2D eigenvalue weighted by Gasteiger charge is -2.06. The highest BCUT2D eigenvalue weighted by molar-refractivity contribution is 6.31. The fourth-order valence-corrected chi connectivity index (χ4v) is 1.62. The number of aryl methyl sites for hydroxylation is 1. The summed E-state index contributed by atoms with van der Waals surface area (Å²) in [6, 6.07) is 5.33. The number of carbonyl (C=O) groups excluding carboxylic acids is 1. The van der Waals surface area contributed by atoms with E-state index in [1.807, 2.05) is 13.0 Å². The number of rotatable bonds is 3. The van der Waals surface area contributed by atoms with Gasteiger partial charge in [-0.3, -0.25) is 4.79 Å². The van der Waals surface area contributed by atoms with Gasteiger partial charge in [0.25, 0.3) is 5.91 Å². The molecule has 2 rings (SSSR count). The first kappa shape index (κ1) is 13.3. The van der Waals surface area contributed by atoms with Crippen molar-refractivity contribution in [2.75, 3.05) is 17.7 Å². The summed E-state index contributed by atoms with van der Waals surface area (Å²) in [4.78, 5) is 20.0. The number of nitrogens with zero attached hydrogens (tertiary/aromatic N) is 2. The second-order valence-corrected chi connectivity index (χ2v) is 4.36. The van der Waals surface area contributed by atoms with Gasteiger partial charge in [-0.2, -0.15) is 0 Å². The van der Waals surface area contributed by atoms with Crippen LogP contribution in [0.1, 0.15) is 16.1 Å². The van der Waals surface area contributed by atoms with E-state index < -0.39 is 0 Å². The van der Waals surface area contributed by atoms with Crippen molar-refractivity contribution in [2.45, 2.75) is 6.92 Å². The second kappa shape index (κ2) is 5.67. The molecule has 0 saturated heterocycles. The Balaban J connectivity index is 2.13. The molecule has 0 aliphatic rings. The zero-order chi connectivity index (χ0) is 13.8. The summed E-state index contributed by atoms with van der Waals surface area (Å²) in [5.74, 6) is 0.282. The van der Waals surface area contributed by atoms with Crippen molar-refractivity contribution in [3.8, 4) is 0 Å². The van der Waals surface area contributed by atoms with Crippen LogP contribution in [0.3, 0.4) is 0 Å². The van der Waals surface area contributed by atoms with E-state index in [2.05, 4.69) is 20.6 Å². The Morgan fingerprint density at radius 2 is 2.05 bits per heavy atom. The van der Waals surface area contributed by atoms with Crippen LogP contribution in [-0.4, -0.2) is 22.9 Å². The lowest BCUT2D eigenvalue weighted by atomic mass is 10.2. The van der Waals surface area contributed by atoms with Gasteiger partial charge in [-0.1, -0.05) is 17.7 Å². The number of carbonyl (C=O) groups is 1. The molecule has 0 saturated carbocycles. The number of anilines is 2. The molecule has 5 nitrogen and oxygen atoms in total. The molecule has 0 unspecified atom stereocenters. The van der Waals surface area contributed by atoms with Crippen molar-refractivity contribution in [3.63, 3.8) is 0 Å². The van der Waals surface area contributed by atoms with Crippen LogP contribution in [0, 0.1) is 6.92 Å².